The van der Waals surface area contributed by atoms with E-state index in [0.29, 0.717) is 30.7 Å². The zero-order chi connectivity index (χ0) is 16.7. The number of benzene rings is 1. The number of halogens is 1. The molecule has 0 fully saturated rings. The van der Waals surface area contributed by atoms with E-state index in [-0.39, 0.29) is 19.0 Å². The topological polar surface area (TPSA) is 76.8 Å². The van der Waals surface area contributed by atoms with Crippen molar-refractivity contribution in [3.05, 3.63) is 41.8 Å². The fourth-order valence-corrected chi connectivity index (χ4v) is 1.94. The van der Waals surface area contributed by atoms with Crippen molar-refractivity contribution in [2.75, 3.05) is 13.2 Å². The van der Waals surface area contributed by atoms with Crippen LogP contribution in [-0.2, 0) is 6.61 Å². The van der Waals surface area contributed by atoms with Gasteiger partial charge in [-0.3, -0.25) is 0 Å². The smallest absolute Gasteiger partial charge is 0.161 e. The van der Waals surface area contributed by atoms with E-state index in [1.54, 1.807) is 0 Å². The fraction of sp³-hybridized carbons (Fsp3) is 0.471. The summed E-state index contributed by atoms with van der Waals surface area (Å²) in [6, 6.07) is 9.51. The molecule has 2 N–H and O–H groups in total. The van der Waals surface area contributed by atoms with E-state index in [2.05, 4.69) is 10.5 Å². The summed E-state index contributed by atoms with van der Waals surface area (Å²) in [5.41, 5.74) is 0.721. The molecule has 0 radical (unpaired) electrons. The Bertz CT molecular complexity index is 604. The second-order valence-corrected chi connectivity index (χ2v) is 5.69. The lowest BCUT2D eigenvalue weighted by atomic mass is 10.3. The van der Waals surface area contributed by atoms with E-state index in [9.17, 15) is 5.11 Å². The van der Waals surface area contributed by atoms with Crippen LogP contribution in [0.15, 0.2) is 34.9 Å². The van der Waals surface area contributed by atoms with E-state index >= 15 is 0 Å². The number of nitrogens with zero attached hydrogens (tertiary/aromatic N) is 1. The Morgan fingerprint density at radius 3 is 2.46 bits per heavy atom. The molecule has 1 aromatic carbocycles. The number of aliphatic hydroxyl groups excluding tert-OH is 1. The monoisotopic (exact) mass is 356 g/mol. The molecule has 0 bridgehead atoms. The normalized spacial score (nSPS) is 11.9. The summed E-state index contributed by atoms with van der Waals surface area (Å²) in [7, 11) is 0. The molecule has 2 aromatic rings. The summed E-state index contributed by atoms with van der Waals surface area (Å²) in [6.45, 7) is 6.88. The van der Waals surface area contributed by atoms with Gasteiger partial charge in [0.2, 0.25) is 0 Å². The lowest BCUT2D eigenvalue weighted by Crippen LogP contribution is -2.35. The largest absolute Gasteiger partial charge is 0.487 e. The zero-order valence-corrected chi connectivity index (χ0v) is 15.0. The number of aromatic nitrogens is 1. The molecular formula is C17H25ClN2O4. The molecule has 6 nitrogen and oxygen atoms in total. The number of para-hydroxylation sites is 2. The Kier molecular flexibility index (Phi) is 8.60. The van der Waals surface area contributed by atoms with E-state index in [1.807, 2.05) is 51.1 Å². The van der Waals surface area contributed by atoms with Crippen LogP contribution < -0.4 is 14.8 Å². The molecule has 1 unspecified atom stereocenters. The van der Waals surface area contributed by atoms with Gasteiger partial charge in [0.05, 0.1) is 0 Å². The molecular weight excluding hydrogens is 332 g/mol. The molecule has 0 spiro atoms. The molecule has 1 aromatic heterocycles. The van der Waals surface area contributed by atoms with Crippen LogP contribution in [0.4, 0.5) is 0 Å². The summed E-state index contributed by atoms with van der Waals surface area (Å²) < 4.78 is 16.4. The number of rotatable bonds is 9. The third-order valence-corrected chi connectivity index (χ3v) is 3.09. The van der Waals surface area contributed by atoms with Gasteiger partial charge >= 0.3 is 0 Å². The van der Waals surface area contributed by atoms with E-state index in [1.165, 1.54) is 0 Å². The molecule has 0 aliphatic rings. The Balaban J connectivity index is 0.00000288. The maximum atomic E-state index is 9.91. The Morgan fingerprint density at radius 2 is 1.88 bits per heavy atom. The second-order valence-electron chi connectivity index (χ2n) is 5.69. The second kappa shape index (κ2) is 10.2. The van der Waals surface area contributed by atoms with Gasteiger partial charge in [-0.2, -0.15) is 0 Å². The van der Waals surface area contributed by atoms with E-state index in [0.717, 1.165) is 11.5 Å². The standard InChI is InChI=1S/C17H24N2O4.ClH/c1-12(2)18-9-15(20)11-22-17-7-5-4-6-16(17)21-10-14-8-13(3)23-19-14;/h4-8,12,15,18,20H,9-11H2,1-3H3;1H. The van der Waals surface area contributed by atoms with Gasteiger partial charge in [0, 0.05) is 18.7 Å². The molecule has 0 aliphatic heterocycles. The Morgan fingerprint density at radius 1 is 1.21 bits per heavy atom. The number of ether oxygens (including phenoxy) is 2. The Labute approximate surface area is 148 Å². The molecule has 7 heteroatoms. The highest BCUT2D eigenvalue weighted by atomic mass is 35.5. The zero-order valence-electron chi connectivity index (χ0n) is 14.2. The molecule has 0 aliphatic carbocycles. The molecule has 0 amide bonds. The first-order valence-corrected chi connectivity index (χ1v) is 7.73. The first-order valence-electron chi connectivity index (χ1n) is 7.73. The molecule has 24 heavy (non-hydrogen) atoms. The number of nitrogens with one attached hydrogen (secondary N) is 1. The highest BCUT2D eigenvalue weighted by molar-refractivity contribution is 5.85. The van der Waals surface area contributed by atoms with Crippen LogP contribution in [0.1, 0.15) is 25.3 Å². The van der Waals surface area contributed by atoms with E-state index in [4.69, 9.17) is 14.0 Å². The third kappa shape index (κ3) is 6.78. The first kappa shape index (κ1) is 20.3. The number of hydrogen-bond donors (Lipinski definition) is 2. The van der Waals surface area contributed by atoms with Crippen LogP contribution in [0, 0.1) is 6.92 Å². The van der Waals surface area contributed by atoms with Gasteiger partial charge < -0.3 is 24.4 Å². The van der Waals surface area contributed by atoms with Gasteiger partial charge in [-0.25, -0.2) is 0 Å². The number of aliphatic hydroxyl groups is 1. The van der Waals surface area contributed by atoms with Crippen molar-refractivity contribution in [2.45, 2.75) is 39.5 Å². The molecule has 1 atom stereocenters. The summed E-state index contributed by atoms with van der Waals surface area (Å²) in [6.07, 6.45) is -0.580. The van der Waals surface area contributed by atoms with Crippen LogP contribution in [0.2, 0.25) is 0 Å². The minimum atomic E-state index is -0.580. The fourth-order valence-electron chi connectivity index (χ4n) is 1.94. The number of aryl methyl sites for hydroxylation is 1. The average Bonchev–Trinajstić information content (AvgIpc) is 2.95. The van der Waals surface area contributed by atoms with Crippen molar-refractivity contribution in [2.24, 2.45) is 0 Å². The van der Waals surface area contributed by atoms with E-state index < -0.39 is 6.10 Å². The van der Waals surface area contributed by atoms with Crippen molar-refractivity contribution in [3.63, 3.8) is 0 Å². The van der Waals surface area contributed by atoms with Gasteiger partial charge in [-0.15, -0.1) is 12.4 Å². The molecule has 0 saturated heterocycles. The van der Waals surface area contributed by atoms with Gasteiger partial charge in [-0.1, -0.05) is 31.1 Å². The highest BCUT2D eigenvalue weighted by Crippen LogP contribution is 2.27. The van der Waals surface area contributed by atoms with Crippen LogP contribution in [0.3, 0.4) is 0 Å². The maximum absolute atomic E-state index is 9.91. The molecule has 0 saturated carbocycles. The van der Waals surface area contributed by atoms with Gasteiger partial charge in [0.25, 0.3) is 0 Å². The summed E-state index contributed by atoms with van der Waals surface area (Å²) >= 11 is 0. The quantitative estimate of drug-likeness (QED) is 0.719. The number of hydrogen-bond acceptors (Lipinski definition) is 6. The van der Waals surface area contributed by atoms with Crippen molar-refractivity contribution in [1.29, 1.82) is 0 Å². The van der Waals surface area contributed by atoms with Crippen molar-refractivity contribution >= 4 is 12.4 Å². The first-order chi connectivity index (χ1) is 11.0. The molecule has 1 heterocycles. The predicted octanol–water partition coefficient (Wildman–Crippen LogP) is 2.72. The van der Waals surface area contributed by atoms with Gasteiger partial charge in [0.15, 0.2) is 11.5 Å². The van der Waals surface area contributed by atoms with Crippen LogP contribution in [0.5, 0.6) is 11.5 Å². The summed E-state index contributed by atoms with van der Waals surface area (Å²) in [5, 5.41) is 17.0. The molecule has 134 valence electrons. The predicted molar refractivity (Wildman–Crippen MR) is 93.9 cm³/mol. The summed E-state index contributed by atoms with van der Waals surface area (Å²) in [4.78, 5) is 0. The van der Waals surface area contributed by atoms with Gasteiger partial charge in [-0.05, 0) is 19.1 Å². The lowest BCUT2D eigenvalue weighted by Gasteiger charge is -2.16. The highest BCUT2D eigenvalue weighted by Gasteiger charge is 2.10. The minimum absolute atomic E-state index is 0. The van der Waals surface area contributed by atoms with Gasteiger partial charge in [0.1, 0.15) is 30.8 Å². The lowest BCUT2D eigenvalue weighted by molar-refractivity contribution is 0.102. The van der Waals surface area contributed by atoms with Crippen LogP contribution >= 0.6 is 12.4 Å². The van der Waals surface area contributed by atoms with Crippen molar-refractivity contribution < 1.29 is 19.1 Å². The van der Waals surface area contributed by atoms with Crippen LogP contribution in [-0.4, -0.2) is 35.6 Å². The Hall–Kier alpha value is -1.76. The van der Waals surface area contributed by atoms with Crippen molar-refractivity contribution in [3.8, 4) is 11.5 Å². The van der Waals surface area contributed by atoms with Crippen molar-refractivity contribution in [1.82, 2.24) is 10.5 Å². The SMILES string of the molecule is Cc1cc(COc2ccccc2OCC(O)CNC(C)C)no1.Cl. The van der Waals surface area contributed by atoms with Crippen LogP contribution in [0.25, 0.3) is 0 Å². The third-order valence-electron chi connectivity index (χ3n) is 3.09. The maximum Gasteiger partial charge on any atom is 0.161 e. The molecule has 2 rings (SSSR count). The average molecular weight is 357 g/mol. The minimum Gasteiger partial charge on any atom is -0.487 e. The summed E-state index contributed by atoms with van der Waals surface area (Å²) in [5.74, 6) is 1.95.